The minimum absolute atomic E-state index is 0.0492. The number of nitrogens with one attached hydrogen (secondary N) is 1. The average Bonchev–Trinajstić information content (AvgIpc) is 3.11. The lowest BCUT2D eigenvalue weighted by atomic mass is 9.86. The zero-order valence-corrected chi connectivity index (χ0v) is 17.1. The van der Waals surface area contributed by atoms with Crippen molar-refractivity contribution in [2.75, 3.05) is 7.11 Å². The third-order valence-electron chi connectivity index (χ3n) is 4.85. The van der Waals surface area contributed by atoms with Crippen LogP contribution >= 0.6 is 0 Å². The molecule has 0 unspecified atom stereocenters. The number of ether oxygens (including phenoxy) is 1. The standard InChI is InChI=1S/C23H27N3O2/c1-23(2,3)18-10-6-17(7-11-18)22(27)25-20(21-24-14-15-26(21)4)16-8-12-19(28-5)13-9-16/h6-15,20H,1-5H3,(H,25,27)/t20-/m0/s1. The molecule has 0 saturated carbocycles. The van der Waals surface area contributed by atoms with E-state index in [1.165, 1.54) is 5.56 Å². The number of aromatic nitrogens is 2. The predicted molar refractivity (Wildman–Crippen MR) is 111 cm³/mol. The zero-order chi connectivity index (χ0) is 20.3. The van der Waals surface area contributed by atoms with Crippen molar-refractivity contribution >= 4 is 5.91 Å². The van der Waals surface area contributed by atoms with E-state index in [0.29, 0.717) is 5.56 Å². The number of amides is 1. The first kappa shape index (κ1) is 19.7. The molecule has 0 aliphatic rings. The molecule has 0 spiro atoms. The van der Waals surface area contributed by atoms with Gasteiger partial charge in [0.05, 0.1) is 7.11 Å². The van der Waals surface area contributed by atoms with Crippen LogP contribution in [0, 0.1) is 0 Å². The van der Waals surface area contributed by atoms with E-state index in [2.05, 4.69) is 31.1 Å². The Kier molecular flexibility index (Phi) is 5.54. The van der Waals surface area contributed by atoms with Crippen LogP contribution in [0.4, 0.5) is 0 Å². The van der Waals surface area contributed by atoms with Crippen LogP contribution in [0.3, 0.4) is 0 Å². The number of carbonyl (C=O) groups is 1. The maximum absolute atomic E-state index is 12.9. The summed E-state index contributed by atoms with van der Waals surface area (Å²) >= 11 is 0. The molecule has 1 heterocycles. The Bertz CT molecular complexity index is 935. The first-order valence-corrected chi connectivity index (χ1v) is 9.32. The molecule has 0 fully saturated rings. The first-order chi connectivity index (χ1) is 13.3. The highest BCUT2D eigenvalue weighted by Crippen LogP contribution is 2.25. The van der Waals surface area contributed by atoms with E-state index in [4.69, 9.17) is 4.74 Å². The predicted octanol–water partition coefficient (Wildman–Crippen LogP) is 4.25. The van der Waals surface area contributed by atoms with Crippen molar-refractivity contribution in [3.8, 4) is 5.75 Å². The van der Waals surface area contributed by atoms with Crippen molar-refractivity contribution in [3.63, 3.8) is 0 Å². The van der Waals surface area contributed by atoms with Gasteiger partial charge in [0.1, 0.15) is 17.6 Å². The Balaban J connectivity index is 1.89. The van der Waals surface area contributed by atoms with Gasteiger partial charge in [-0.3, -0.25) is 4.79 Å². The lowest BCUT2D eigenvalue weighted by Gasteiger charge is -2.21. The van der Waals surface area contributed by atoms with Gasteiger partial charge in [-0.25, -0.2) is 4.98 Å². The molecule has 3 aromatic rings. The lowest BCUT2D eigenvalue weighted by molar-refractivity contribution is 0.0941. The monoisotopic (exact) mass is 377 g/mol. The molecule has 1 amide bonds. The molecular formula is C23H27N3O2. The maximum atomic E-state index is 12.9. The second kappa shape index (κ2) is 7.89. The van der Waals surface area contributed by atoms with Crippen LogP contribution in [-0.2, 0) is 12.5 Å². The van der Waals surface area contributed by atoms with Gasteiger partial charge in [0.2, 0.25) is 0 Å². The van der Waals surface area contributed by atoms with E-state index in [1.807, 2.05) is 66.3 Å². The number of hydrogen-bond acceptors (Lipinski definition) is 3. The highest BCUT2D eigenvalue weighted by molar-refractivity contribution is 5.94. The minimum Gasteiger partial charge on any atom is -0.497 e. The van der Waals surface area contributed by atoms with Gasteiger partial charge >= 0.3 is 0 Å². The number of methoxy groups -OCH3 is 1. The Labute approximate surface area is 166 Å². The molecule has 1 aromatic heterocycles. The molecule has 146 valence electrons. The van der Waals surface area contributed by atoms with Gasteiger partial charge < -0.3 is 14.6 Å². The van der Waals surface area contributed by atoms with Crippen LogP contribution in [0.1, 0.15) is 54.1 Å². The highest BCUT2D eigenvalue weighted by Gasteiger charge is 2.22. The number of hydrogen-bond donors (Lipinski definition) is 1. The van der Waals surface area contributed by atoms with Crippen molar-refractivity contribution in [3.05, 3.63) is 83.4 Å². The first-order valence-electron chi connectivity index (χ1n) is 9.32. The van der Waals surface area contributed by atoms with Crippen LogP contribution in [0.25, 0.3) is 0 Å². The molecule has 0 radical (unpaired) electrons. The zero-order valence-electron chi connectivity index (χ0n) is 17.1. The third kappa shape index (κ3) is 4.25. The molecule has 0 aliphatic heterocycles. The summed E-state index contributed by atoms with van der Waals surface area (Å²) in [5.41, 5.74) is 2.81. The van der Waals surface area contributed by atoms with Gasteiger partial charge in [-0.15, -0.1) is 0 Å². The summed E-state index contributed by atoms with van der Waals surface area (Å²) in [6.45, 7) is 6.47. The van der Waals surface area contributed by atoms with E-state index < -0.39 is 0 Å². The van der Waals surface area contributed by atoms with Gasteiger partial charge in [-0.05, 0) is 40.8 Å². The average molecular weight is 377 g/mol. The summed E-state index contributed by atoms with van der Waals surface area (Å²) < 4.78 is 7.16. The smallest absolute Gasteiger partial charge is 0.252 e. The number of benzene rings is 2. The number of aryl methyl sites for hydroxylation is 1. The maximum Gasteiger partial charge on any atom is 0.252 e. The fourth-order valence-electron chi connectivity index (χ4n) is 3.08. The third-order valence-corrected chi connectivity index (χ3v) is 4.85. The van der Waals surface area contributed by atoms with E-state index in [-0.39, 0.29) is 17.4 Å². The fourth-order valence-corrected chi connectivity index (χ4v) is 3.08. The normalized spacial score (nSPS) is 12.5. The van der Waals surface area contributed by atoms with Crippen molar-refractivity contribution in [2.45, 2.75) is 32.2 Å². The summed E-state index contributed by atoms with van der Waals surface area (Å²) in [5, 5.41) is 3.13. The van der Waals surface area contributed by atoms with Gasteiger partial charge in [-0.1, -0.05) is 45.0 Å². The summed E-state index contributed by atoms with van der Waals surface area (Å²) in [6.07, 6.45) is 3.60. The van der Waals surface area contributed by atoms with Crippen LogP contribution in [0.15, 0.2) is 60.9 Å². The second-order valence-corrected chi connectivity index (χ2v) is 7.90. The van der Waals surface area contributed by atoms with Crippen molar-refractivity contribution in [1.29, 1.82) is 0 Å². The topological polar surface area (TPSA) is 56.1 Å². The Morgan fingerprint density at radius 1 is 1.07 bits per heavy atom. The molecule has 0 aliphatic carbocycles. The minimum atomic E-state index is -0.360. The quantitative estimate of drug-likeness (QED) is 0.723. The van der Waals surface area contributed by atoms with E-state index in [0.717, 1.165) is 17.1 Å². The molecule has 0 bridgehead atoms. The number of rotatable bonds is 5. The Morgan fingerprint density at radius 3 is 2.21 bits per heavy atom. The van der Waals surface area contributed by atoms with Gasteiger partial charge in [0.25, 0.3) is 5.91 Å². The van der Waals surface area contributed by atoms with Gasteiger partial charge in [-0.2, -0.15) is 0 Å². The molecule has 1 N–H and O–H groups in total. The SMILES string of the molecule is COc1ccc([C@H](NC(=O)c2ccc(C(C)(C)C)cc2)c2nccn2C)cc1. The summed E-state index contributed by atoms with van der Waals surface area (Å²) in [5.74, 6) is 1.40. The van der Waals surface area contributed by atoms with Gasteiger partial charge in [0.15, 0.2) is 0 Å². The fraction of sp³-hybridized carbons (Fsp3) is 0.304. The molecule has 2 aromatic carbocycles. The molecule has 0 saturated heterocycles. The van der Waals surface area contributed by atoms with Crippen molar-refractivity contribution in [2.24, 2.45) is 7.05 Å². The largest absolute Gasteiger partial charge is 0.497 e. The van der Waals surface area contributed by atoms with E-state index in [9.17, 15) is 4.79 Å². The van der Waals surface area contributed by atoms with Crippen LogP contribution in [0.2, 0.25) is 0 Å². The molecule has 3 rings (SSSR count). The Hall–Kier alpha value is -3.08. The Morgan fingerprint density at radius 2 is 1.71 bits per heavy atom. The van der Waals surface area contributed by atoms with Crippen LogP contribution in [0.5, 0.6) is 5.75 Å². The second-order valence-electron chi connectivity index (χ2n) is 7.90. The summed E-state index contributed by atoms with van der Waals surface area (Å²) in [7, 11) is 3.55. The number of imidazole rings is 1. The lowest BCUT2D eigenvalue weighted by Crippen LogP contribution is -2.31. The summed E-state index contributed by atoms with van der Waals surface area (Å²) in [4.78, 5) is 17.4. The number of carbonyl (C=O) groups excluding carboxylic acids is 1. The highest BCUT2D eigenvalue weighted by atomic mass is 16.5. The van der Waals surface area contributed by atoms with E-state index in [1.54, 1.807) is 13.3 Å². The molecule has 5 heteroatoms. The van der Waals surface area contributed by atoms with Crippen LogP contribution < -0.4 is 10.1 Å². The van der Waals surface area contributed by atoms with E-state index >= 15 is 0 Å². The molecule has 1 atom stereocenters. The van der Waals surface area contributed by atoms with Crippen molar-refractivity contribution in [1.82, 2.24) is 14.9 Å². The molecular weight excluding hydrogens is 350 g/mol. The summed E-state index contributed by atoms with van der Waals surface area (Å²) in [6, 6.07) is 15.1. The molecule has 28 heavy (non-hydrogen) atoms. The van der Waals surface area contributed by atoms with Crippen molar-refractivity contribution < 1.29 is 9.53 Å². The molecule has 5 nitrogen and oxygen atoms in total. The van der Waals surface area contributed by atoms with Gasteiger partial charge in [0, 0.05) is 25.0 Å². The number of nitrogens with zero attached hydrogens (tertiary/aromatic N) is 2. The van der Waals surface area contributed by atoms with Crippen LogP contribution in [-0.4, -0.2) is 22.6 Å².